The molecule has 1 saturated carbocycles. The first-order chi connectivity index (χ1) is 13.6. The summed E-state index contributed by atoms with van der Waals surface area (Å²) in [7, 11) is 3.23. The number of aromatic nitrogens is 1. The Morgan fingerprint density at radius 2 is 2.14 bits per heavy atom. The maximum absolute atomic E-state index is 12.6. The van der Waals surface area contributed by atoms with E-state index in [0.29, 0.717) is 43.5 Å². The van der Waals surface area contributed by atoms with Gasteiger partial charge in [-0.1, -0.05) is 6.07 Å². The standard InChI is InChI=1S/C20H26N2O5S/c1-25-8-7-22(20(24)15-4-5-15)10-14-3-6-17(26-2)18(9-14)27-12-19-21-16(11-23)13-28-19/h3,6,9,13,15,23H,4-5,7-8,10-12H2,1-2H3. The molecule has 0 bridgehead atoms. The summed E-state index contributed by atoms with van der Waals surface area (Å²) in [4.78, 5) is 18.7. The van der Waals surface area contributed by atoms with Gasteiger partial charge >= 0.3 is 0 Å². The van der Waals surface area contributed by atoms with Gasteiger partial charge in [0.2, 0.25) is 5.91 Å². The minimum atomic E-state index is -0.0817. The summed E-state index contributed by atoms with van der Waals surface area (Å²) in [5, 5.41) is 11.7. The highest BCUT2D eigenvalue weighted by Gasteiger charge is 2.33. The third kappa shape index (κ3) is 5.43. The van der Waals surface area contributed by atoms with Crippen molar-refractivity contribution in [1.82, 2.24) is 9.88 Å². The molecule has 28 heavy (non-hydrogen) atoms. The van der Waals surface area contributed by atoms with Gasteiger partial charge in [0, 0.05) is 31.5 Å². The molecule has 7 nitrogen and oxygen atoms in total. The normalized spacial score (nSPS) is 13.4. The zero-order valence-electron chi connectivity index (χ0n) is 16.2. The van der Waals surface area contributed by atoms with E-state index < -0.39 is 0 Å². The number of amides is 1. The SMILES string of the molecule is COCCN(Cc1ccc(OC)c(OCc2nc(CO)cs2)c1)C(=O)C1CC1. The van der Waals surface area contributed by atoms with Crippen molar-refractivity contribution in [2.45, 2.75) is 32.6 Å². The van der Waals surface area contributed by atoms with E-state index in [1.807, 2.05) is 28.5 Å². The van der Waals surface area contributed by atoms with E-state index in [1.54, 1.807) is 14.2 Å². The summed E-state index contributed by atoms with van der Waals surface area (Å²) in [5.41, 5.74) is 1.60. The second-order valence-electron chi connectivity index (χ2n) is 6.69. The van der Waals surface area contributed by atoms with Gasteiger partial charge in [0.1, 0.15) is 11.6 Å². The van der Waals surface area contributed by atoms with Crippen LogP contribution in [-0.4, -0.2) is 48.3 Å². The van der Waals surface area contributed by atoms with Crippen LogP contribution in [0.2, 0.25) is 0 Å². The molecular formula is C20H26N2O5S. The Bertz CT molecular complexity index is 791. The second kappa shape index (κ2) is 9.86. The van der Waals surface area contributed by atoms with Crippen LogP contribution in [0.5, 0.6) is 11.5 Å². The molecule has 8 heteroatoms. The largest absolute Gasteiger partial charge is 0.493 e. The van der Waals surface area contributed by atoms with Crippen LogP contribution in [0.15, 0.2) is 23.6 Å². The Hall–Kier alpha value is -2.16. The number of methoxy groups -OCH3 is 2. The van der Waals surface area contributed by atoms with E-state index in [2.05, 4.69) is 4.98 Å². The van der Waals surface area contributed by atoms with Gasteiger partial charge in [-0.2, -0.15) is 0 Å². The van der Waals surface area contributed by atoms with Crippen LogP contribution in [0, 0.1) is 5.92 Å². The summed E-state index contributed by atoms with van der Waals surface area (Å²) in [6.45, 7) is 1.79. The number of benzene rings is 1. The van der Waals surface area contributed by atoms with Gasteiger partial charge in [-0.05, 0) is 30.5 Å². The number of aliphatic hydroxyl groups excluding tert-OH is 1. The van der Waals surface area contributed by atoms with Gasteiger partial charge in [-0.3, -0.25) is 4.79 Å². The zero-order chi connectivity index (χ0) is 19.9. The van der Waals surface area contributed by atoms with Crippen molar-refractivity contribution < 1.29 is 24.1 Å². The summed E-state index contributed by atoms with van der Waals surface area (Å²) < 4.78 is 16.5. The first-order valence-electron chi connectivity index (χ1n) is 9.26. The van der Waals surface area contributed by atoms with Crippen LogP contribution in [0.3, 0.4) is 0 Å². The molecule has 1 heterocycles. The molecule has 1 aromatic carbocycles. The first kappa shape index (κ1) is 20.6. The molecular weight excluding hydrogens is 380 g/mol. The maximum Gasteiger partial charge on any atom is 0.226 e. The Morgan fingerprint density at radius 1 is 1.32 bits per heavy atom. The van der Waals surface area contributed by atoms with E-state index in [9.17, 15) is 4.79 Å². The van der Waals surface area contributed by atoms with E-state index in [1.165, 1.54) is 11.3 Å². The van der Waals surface area contributed by atoms with Crippen LogP contribution in [0.25, 0.3) is 0 Å². The molecule has 2 aromatic rings. The lowest BCUT2D eigenvalue weighted by atomic mass is 10.1. The highest BCUT2D eigenvalue weighted by molar-refractivity contribution is 7.09. The maximum atomic E-state index is 12.6. The fraction of sp³-hybridized carbons (Fsp3) is 0.500. The summed E-state index contributed by atoms with van der Waals surface area (Å²) in [6, 6.07) is 5.69. The van der Waals surface area contributed by atoms with E-state index in [0.717, 1.165) is 23.4 Å². The van der Waals surface area contributed by atoms with Crippen molar-refractivity contribution >= 4 is 17.2 Å². The predicted molar refractivity (Wildman–Crippen MR) is 105 cm³/mol. The Kier molecular flexibility index (Phi) is 7.24. The third-order valence-corrected chi connectivity index (χ3v) is 5.39. The lowest BCUT2D eigenvalue weighted by Gasteiger charge is -2.23. The molecule has 1 aliphatic carbocycles. The number of nitrogens with zero attached hydrogens (tertiary/aromatic N) is 2. The van der Waals surface area contributed by atoms with Crippen LogP contribution in [0.1, 0.15) is 29.1 Å². The highest BCUT2D eigenvalue weighted by atomic mass is 32.1. The van der Waals surface area contributed by atoms with Crippen LogP contribution in [0.4, 0.5) is 0 Å². The van der Waals surface area contributed by atoms with Crippen molar-refractivity contribution in [3.63, 3.8) is 0 Å². The molecule has 1 amide bonds. The summed E-state index contributed by atoms with van der Waals surface area (Å²) in [5.74, 6) is 1.58. The van der Waals surface area contributed by atoms with Gasteiger partial charge in [0.25, 0.3) is 0 Å². The molecule has 1 N–H and O–H groups in total. The number of ether oxygens (including phenoxy) is 3. The lowest BCUT2D eigenvalue weighted by molar-refractivity contribution is -0.133. The number of rotatable bonds is 11. The van der Waals surface area contributed by atoms with Gasteiger partial charge in [-0.25, -0.2) is 4.98 Å². The minimum absolute atomic E-state index is 0.0817. The van der Waals surface area contributed by atoms with E-state index in [4.69, 9.17) is 19.3 Å². The van der Waals surface area contributed by atoms with Crippen LogP contribution in [-0.2, 0) is 29.3 Å². The third-order valence-electron chi connectivity index (χ3n) is 4.52. The van der Waals surface area contributed by atoms with E-state index in [-0.39, 0.29) is 18.4 Å². The molecule has 1 aromatic heterocycles. The average molecular weight is 407 g/mol. The zero-order valence-corrected chi connectivity index (χ0v) is 17.0. The molecule has 1 fully saturated rings. The smallest absolute Gasteiger partial charge is 0.226 e. The Labute approximate surface area is 168 Å². The number of aliphatic hydroxyl groups is 1. The molecule has 0 aliphatic heterocycles. The van der Waals surface area contributed by atoms with Crippen molar-refractivity contribution in [3.05, 3.63) is 39.8 Å². The second-order valence-corrected chi connectivity index (χ2v) is 7.63. The first-order valence-corrected chi connectivity index (χ1v) is 10.1. The number of carbonyl (C=O) groups excluding carboxylic acids is 1. The highest BCUT2D eigenvalue weighted by Crippen LogP contribution is 2.33. The number of hydrogen-bond acceptors (Lipinski definition) is 7. The van der Waals surface area contributed by atoms with Gasteiger partial charge in [-0.15, -0.1) is 11.3 Å². The molecule has 0 spiro atoms. The predicted octanol–water partition coefficient (Wildman–Crippen LogP) is 2.61. The van der Waals surface area contributed by atoms with Crippen molar-refractivity contribution in [1.29, 1.82) is 0 Å². The fourth-order valence-corrected chi connectivity index (χ4v) is 3.53. The van der Waals surface area contributed by atoms with Crippen molar-refractivity contribution in [2.24, 2.45) is 5.92 Å². The molecule has 1 aliphatic rings. The Morgan fingerprint density at radius 3 is 2.79 bits per heavy atom. The molecule has 152 valence electrons. The monoisotopic (exact) mass is 406 g/mol. The van der Waals surface area contributed by atoms with Gasteiger partial charge in [0.15, 0.2) is 11.5 Å². The molecule has 3 rings (SSSR count). The van der Waals surface area contributed by atoms with Crippen molar-refractivity contribution in [3.8, 4) is 11.5 Å². The number of carbonyl (C=O) groups is 1. The quantitative estimate of drug-likeness (QED) is 0.618. The van der Waals surface area contributed by atoms with Gasteiger partial charge in [0.05, 0.1) is 26.0 Å². The Balaban J connectivity index is 1.70. The average Bonchev–Trinajstić information content (AvgIpc) is 3.47. The van der Waals surface area contributed by atoms with Crippen LogP contribution < -0.4 is 9.47 Å². The number of thiazole rings is 1. The summed E-state index contributed by atoms with van der Waals surface area (Å²) in [6.07, 6.45) is 1.95. The fourth-order valence-electron chi connectivity index (χ4n) is 2.84. The summed E-state index contributed by atoms with van der Waals surface area (Å²) >= 11 is 1.44. The minimum Gasteiger partial charge on any atom is -0.493 e. The van der Waals surface area contributed by atoms with Gasteiger partial charge < -0.3 is 24.2 Å². The van der Waals surface area contributed by atoms with Crippen molar-refractivity contribution in [2.75, 3.05) is 27.4 Å². The molecule has 0 saturated heterocycles. The molecule has 0 unspecified atom stereocenters. The lowest BCUT2D eigenvalue weighted by Crippen LogP contribution is -2.34. The molecule has 0 radical (unpaired) electrons. The topological polar surface area (TPSA) is 81.1 Å². The number of hydrogen-bond donors (Lipinski definition) is 1. The van der Waals surface area contributed by atoms with Crippen LogP contribution >= 0.6 is 11.3 Å². The van der Waals surface area contributed by atoms with E-state index >= 15 is 0 Å². The molecule has 0 atom stereocenters.